The first-order chi connectivity index (χ1) is 16.2. The second kappa shape index (κ2) is 9.48. The summed E-state index contributed by atoms with van der Waals surface area (Å²) in [6, 6.07) is 7.27. The molecule has 1 aromatic heterocycles. The number of β-lactam (4-membered cyclic amide) rings is 1. The van der Waals surface area contributed by atoms with Crippen molar-refractivity contribution in [2.45, 2.75) is 22.7 Å². The van der Waals surface area contributed by atoms with Gasteiger partial charge in [0.05, 0.1) is 0 Å². The first-order valence-electron chi connectivity index (χ1n) is 9.89. The van der Waals surface area contributed by atoms with Crippen molar-refractivity contribution >= 4 is 41.3 Å². The number of carboxylic acids is 1. The smallest absolute Gasteiger partial charge is 0.352 e. The van der Waals surface area contributed by atoms with E-state index in [1.807, 2.05) is 0 Å². The molecule has 2 unspecified atom stereocenters. The molecule has 0 aliphatic carbocycles. The molecule has 1 saturated heterocycles. The molecule has 1 aromatic carbocycles. The van der Waals surface area contributed by atoms with Crippen molar-refractivity contribution in [3.63, 3.8) is 0 Å². The molecular weight excluding hydrogens is 486 g/mol. The minimum atomic E-state index is -1.46. The average molecular weight is 506 g/mol. The number of aliphatic carboxylic acids is 1. The molecule has 2 amide bonds. The summed E-state index contributed by atoms with van der Waals surface area (Å²) in [5, 5.41) is 38.5. The number of hydrogen-bond acceptors (Lipinski definition) is 10. The third kappa shape index (κ3) is 4.26. The highest BCUT2D eigenvalue weighted by atomic mass is 32.2. The summed E-state index contributed by atoms with van der Waals surface area (Å²) in [5.74, 6) is -3.02. The molecule has 4 N–H and O–H groups in total. The van der Waals surface area contributed by atoms with Gasteiger partial charge in [0, 0.05) is 18.6 Å². The predicted octanol–water partition coefficient (Wildman–Crippen LogP) is -0.555. The van der Waals surface area contributed by atoms with Crippen LogP contribution in [-0.4, -0.2) is 75.7 Å². The van der Waals surface area contributed by atoms with Crippen LogP contribution in [0.25, 0.3) is 0 Å². The SMILES string of the molecule is Cn1c(SCC2=C(C(=O)O)N3C(=O)C(NC(=O)C(O)c4ccccc4)[C@@H]3SC2)nnc(O)c1=O. The lowest BCUT2D eigenvalue weighted by Gasteiger charge is -2.49. The maximum Gasteiger partial charge on any atom is 0.352 e. The molecule has 14 heteroatoms. The van der Waals surface area contributed by atoms with E-state index < -0.39 is 46.7 Å². The van der Waals surface area contributed by atoms with E-state index in [2.05, 4.69) is 15.5 Å². The summed E-state index contributed by atoms with van der Waals surface area (Å²) in [4.78, 5) is 50.1. The van der Waals surface area contributed by atoms with Crippen molar-refractivity contribution in [2.24, 2.45) is 7.05 Å². The van der Waals surface area contributed by atoms with Gasteiger partial charge in [-0.1, -0.05) is 42.1 Å². The summed E-state index contributed by atoms with van der Waals surface area (Å²) in [6.45, 7) is 0. The molecule has 12 nitrogen and oxygen atoms in total. The lowest BCUT2D eigenvalue weighted by atomic mass is 10.0. The molecule has 2 aromatic rings. The van der Waals surface area contributed by atoms with Crippen LogP contribution in [-0.2, 0) is 21.4 Å². The highest BCUT2D eigenvalue weighted by molar-refractivity contribution is 8.01. The van der Waals surface area contributed by atoms with Crippen LogP contribution in [0.4, 0.5) is 0 Å². The van der Waals surface area contributed by atoms with Gasteiger partial charge in [0.2, 0.25) is 0 Å². The summed E-state index contributed by atoms with van der Waals surface area (Å²) in [6.07, 6.45) is -1.46. The molecule has 2 aliphatic heterocycles. The maximum atomic E-state index is 12.8. The Bertz CT molecular complexity index is 1250. The lowest BCUT2D eigenvalue weighted by molar-refractivity contribution is -0.151. The standard InChI is InChI=1S/C20H19N5O7S2/c1-24-17(30)15(28)22-23-20(24)34-8-10-7-33-18-11(16(29)25(18)12(10)19(31)32)21-14(27)13(26)9-5-3-2-4-6-9/h2-6,11,13,18,26H,7-8H2,1H3,(H,21,27)(H,22,28)(H,31,32)/t11?,13?,18-/m0/s1. The summed E-state index contributed by atoms with van der Waals surface area (Å²) >= 11 is 2.32. The van der Waals surface area contributed by atoms with Gasteiger partial charge in [-0.25, -0.2) is 4.79 Å². The van der Waals surface area contributed by atoms with E-state index in [0.29, 0.717) is 11.1 Å². The van der Waals surface area contributed by atoms with E-state index in [1.54, 1.807) is 30.3 Å². The average Bonchev–Trinajstić information content (AvgIpc) is 2.84. The Labute approximate surface area is 200 Å². The normalized spacial score (nSPS) is 20.4. The predicted molar refractivity (Wildman–Crippen MR) is 121 cm³/mol. The summed E-state index contributed by atoms with van der Waals surface area (Å²) < 4.78 is 1.09. The molecule has 0 spiro atoms. The van der Waals surface area contributed by atoms with E-state index in [9.17, 15) is 34.5 Å². The molecule has 0 bridgehead atoms. The van der Waals surface area contributed by atoms with Crippen LogP contribution in [0.3, 0.4) is 0 Å². The first-order valence-corrected chi connectivity index (χ1v) is 11.9. The maximum absolute atomic E-state index is 12.8. The number of amides is 2. The number of carbonyl (C=O) groups is 3. The zero-order valence-corrected chi connectivity index (χ0v) is 19.2. The van der Waals surface area contributed by atoms with Crippen molar-refractivity contribution in [1.29, 1.82) is 0 Å². The number of aromatic nitrogens is 3. The number of rotatable bonds is 7. The number of nitrogens with one attached hydrogen (secondary N) is 1. The zero-order valence-electron chi connectivity index (χ0n) is 17.6. The molecule has 3 atom stereocenters. The van der Waals surface area contributed by atoms with Crippen molar-refractivity contribution < 1.29 is 29.7 Å². The first kappa shape index (κ1) is 23.8. The molecule has 0 radical (unpaired) electrons. The van der Waals surface area contributed by atoms with Gasteiger partial charge in [-0.3, -0.25) is 23.9 Å². The van der Waals surface area contributed by atoms with Crippen molar-refractivity contribution in [1.82, 2.24) is 25.0 Å². The molecule has 3 heterocycles. The zero-order chi connectivity index (χ0) is 24.6. The molecule has 4 rings (SSSR count). The van der Waals surface area contributed by atoms with E-state index in [0.717, 1.165) is 21.2 Å². The number of fused-ring (bicyclic) bond motifs is 1. The Kier molecular flexibility index (Phi) is 6.63. The number of thioether (sulfide) groups is 2. The molecular formula is C20H19N5O7S2. The van der Waals surface area contributed by atoms with Crippen molar-refractivity contribution in [3.05, 3.63) is 57.5 Å². The second-order valence-electron chi connectivity index (χ2n) is 7.43. The monoisotopic (exact) mass is 505 g/mol. The fourth-order valence-corrected chi connectivity index (χ4v) is 5.92. The fraction of sp³-hybridized carbons (Fsp3) is 0.300. The summed E-state index contributed by atoms with van der Waals surface area (Å²) in [7, 11) is 1.40. The van der Waals surface area contributed by atoms with Gasteiger partial charge in [0.15, 0.2) is 11.3 Å². The fourth-order valence-electron chi connectivity index (χ4n) is 3.53. The highest BCUT2D eigenvalue weighted by Crippen LogP contribution is 2.41. The van der Waals surface area contributed by atoms with E-state index in [1.165, 1.54) is 18.8 Å². The minimum absolute atomic E-state index is 0.113. The Morgan fingerprint density at radius 3 is 2.65 bits per heavy atom. The number of nitrogens with zero attached hydrogens (tertiary/aromatic N) is 4. The van der Waals surface area contributed by atoms with Gasteiger partial charge in [-0.2, -0.15) is 0 Å². The second-order valence-corrected chi connectivity index (χ2v) is 9.47. The lowest BCUT2D eigenvalue weighted by Crippen LogP contribution is -2.70. The Balaban J connectivity index is 1.48. The van der Waals surface area contributed by atoms with Crippen LogP contribution < -0.4 is 10.9 Å². The van der Waals surface area contributed by atoms with Gasteiger partial charge in [0.1, 0.15) is 17.1 Å². The van der Waals surface area contributed by atoms with Crippen LogP contribution in [0.1, 0.15) is 11.7 Å². The Morgan fingerprint density at radius 1 is 1.26 bits per heavy atom. The van der Waals surface area contributed by atoms with E-state index in [4.69, 9.17) is 0 Å². The van der Waals surface area contributed by atoms with Gasteiger partial charge < -0.3 is 20.6 Å². The molecule has 2 aliphatic rings. The Hall–Kier alpha value is -3.36. The number of aromatic hydroxyl groups is 1. The number of carbonyl (C=O) groups excluding carboxylic acids is 2. The van der Waals surface area contributed by atoms with E-state index >= 15 is 0 Å². The number of carboxylic acid groups (broad SMARTS) is 1. The molecule has 178 valence electrons. The van der Waals surface area contributed by atoms with Gasteiger partial charge >= 0.3 is 11.5 Å². The molecule has 1 fully saturated rings. The number of benzene rings is 1. The third-order valence-corrected chi connectivity index (χ3v) is 7.75. The highest BCUT2D eigenvalue weighted by Gasteiger charge is 2.54. The third-order valence-electron chi connectivity index (χ3n) is 5.30. The topological polar surface area (TPSA) is 175 Å². The van der Waals surface area contributed by atoms with E-state index in [-0.39, 0.29) is 22.4 Å². The van der Waals surface area contributed by atoms with Crippen molar-refractivity contribution in [3.8, 4) is 5.88 Å². The number of aliphatic hydroxyl groups excluding tert-OH is 1. The number of aliphatic hydroxyl groups is 1. The van der Waals surface area contributed by atoms with Gasteiger partial charge in [-0.05, 0) is 11.1 Å². The number of hydrogen-bond donors (Lipinski definition) is 4. The van der Waals surface area contributed by atoms with Crippen LogP contribution in [0.5, 0.6) is 5.88 Å². The largest absolute Gasteiger partial charge is 0.488 e. The van der Waals surface area contributed by atoms with Crippen LogP contribution >= 0.6 is 23.5 Å². The van der Waals surface area contributed by atoms with Gasteiger partial charge in [0.25, 0.3) is 17.7 Å². The summed E-state index contributed by atoms with van der Waals surface area (Å²) in [5.41, 5.74) is -0.120. The minimum Gasteiger partial charge on any atom is -0.488 e. The van der Waals surface area contributed by atoms with Crippen LogP contribution in [0, 0.1) is 0 Å². The molecule has 34 heavy (non-hydrogen) atoms. The van der Waals surface area contributed by atoms with Crippen LogP contribution in [0.15, 0.2) is 51.6 Å². The molecule has 0 saturated carbocycles. The quantitative estimate of drug-likeness (QED) is 0.280. The van der Waals surface area contributed by atoms with Crippen LogP contribution in [0.2, 0.25) is 0 Å². The Morgan fingerprint density at radius 2 is 1.97 bits per heavy atom. The van der Waals surface area contributed by atoms with Crippen molar-refractivity contribution in [2.75, 3.05) is 11.5 Å². The van der Waals surface area contributed by atoms with Gasteiger partial charge in [-0.15, -0.1) is 22.0 Å².